The van der Waals surface area contributed by atoms with Gasteiger partial charge >= 0.3 is 0 Å². The van der Waals surface area contributed by atoms with Gasteiger partial charge in [0, 0.05) is 0 Å². The van der Waals surface area contributed by atoms with Crippen LogP contribution >= 0.6 is 0 Å². The van der Waals surface area contributed by atoms with E-state index in [1.165, 1.54) is 0 Å². The topological polar surface area (TPSA) is 60.4 Å². The first-order chi connectivity index (χ1) is 2.64. The molecule has 0 aromatic heterocycles. The second kappa shape index (κ2) is 1.77. The highest BCUT2D eigenvalue weighted by atomic mass is 16.4. The summed E-state index contributed by atoms with van der Waals surface area (Å²) in [6.07, 6.45) is -1.59. The van der Waals surface area contributed by atoms with Crippen molar-refractivity contribution in [2.75, 3.05) is 0 Å². The second-order valence-electron chi connectivity index (χ2n) is 0.835. The van der Waals surface area contributed by atoms with Crippen LogP contribution in [0.3, 0.4) is 0 Å². The number of hydrogen-bond acceptors (Lipinski definition) is 3. The molecule has 1 unspecified atom stereocenters. The highest BCUT2D eigenvalue weighted by Crippen LogP contribution is 1.68. The van der Waals surface area contributed by atoms with Crippen molar-refractivity contribution in [3.05, 3.63) is 6.92 Å². The fourth-order valence-electron chi connectivity index (χ4n) is 0. The van der Waals surface area contributed by atoms with Crippen LogP contribution < -0.4 is 5.11 Å². The molecule has 0 fully saturated rings. The normalized spacial score (nSPS) is 13.7. The molecule has 0 spiro atoms. The lowest BCUT2D eigenvalue weighted by Gasteiger charge is -2.00. The first-order valence-electron chi connectivity index (χ1n) is 1.36. The van der Waals surface area contributed by atoms with Crippen molar-refractivity contribution in [3.8, 4) is 0 Å². The minimum Gasteiger partial charge on any atom is -0.547 e. The molecular weight excluding hydrogens is 84.0 g/mol. The lowest BCUT2D eigenvalue weighted by Crippen LogP contribution is -2.33. The van der Waals surface area contributed by atoms with Crippen molar-refractivity contribution in [1.29, 1.82) is 0 Å². The Bertz CT molecular complexity index is 57.1. The van der Waals surface area contributed by atoms with E-state index < -0.39 is 12.1 Å². The third-order valence-corrected chi connectivity index (χ3v) is 0.272. The van der Waals surface area contributed by atoms with Gasteiger partial charge in [0.25, 0.3) is 0 Å². The van der Waals surface area contributed by atoms with Crippen LogP contribution in [0.2, 0.25) is 0 Å². The van der Waals surface area contributed by atoms with E-state index in [1.807, 2.05) is 0 Å². The predicted octanol–water partition coefficient (Wildman–Crippen LogP) is -2.07. The predicted molar refractivity (Wildman–Crippen MR) is 16.4 cm³/mol. The van der Waals surface area contributed by atoms with Crippen molar-refractivity contribution < 1.29 is 15.0 Å². The van der Waals surface area contributed by atoms with E-state index in [4.69, 9.17) is 5.11 Å². The second-order valence-corrected chi connectivity index (χ2v) is 0.835. The molecule has 3 nitrogen and oxygen atoms in total. The van der Waals surface area contributed by atoms with Gasteiger partial charge in [0.1, 0.15) is 0 Å². The molecule has 1 atom stereocenters. The van der Waals surface area contributed by atoms with Gasteiger partial charge in [-0.15, -0.1) is 0 Å². The van der Waals surface area contributed by atoms with E-state index in [0.29, 0.717) is 0 Å². The van der Waals surface area contributed by atoms with E-state index in [1.54, 1.807) is 0 Å². The Morgan fingerprint density at radius 2 is 2.17 bits per heavy atom. The van der Waals surface area contributed by atoms with E-state index in [9.17, 15) is 9.90 Å². The summed E-state index contributed by atoms with van der Waals surface area (Å²) < 4.78 is 0. The number of carbonyl (C=O) groups excluding carboxylic acids is 1. The molecule has 0 aromatic carbocycles. The SMILES string of the molecule is [CH2]C(O)C(=O)[O-]. The molecule has 1 N–H and O–H groups in total. The third-order valence-electron chi connectivity index (χ3n) is 0.272. The Labute approximate surface area is 35.2 Å². The number of carboxylic acids is 1. The molecule has 0 bridgehead atoms. The van der Waals surface area contributed by atoms with Crippen LogP contribution in [0.25, 0.3) is 0 Å². The summed E-state index contributed by atoms with van der Waals surface area (Å²) in [7, 11) is 0. The van der Waals surface area contributed by atoms with Gasteiger partial charge in [-0.25, -0.2) is 0 Å². The summed E-state index contributed by atoms with van der Waals surface area (Å²) >= 11 is 0. The first kappa shape index (κ1) is 5.43. The van der Waals surface area contributed by atoms with Gasteiger partial charge in [0.05, 0.1) is 12.1 Å². The summed E-state index contributed by atoms with van der Waals surface area (Å²) in [6.45, 7) is 2.73. The molecule has 6 heavy (non-hydrogen) atoms. The molecule has 0 aliphatic heterocycles. The van der Waals surface area contributed by atoms with E-state index in [0.717, 1.165) is 0 Å². The lowest BCUT2D eigenvalue weighted by molar-refractivity contribution is -0.312. The maximum Gasteiger partial charge on any atom is 0.0934 e. The number of aliphatic hydroxyl groups is 1. The number of aliphatic carboxylic acids is 1. The zero-order chi connectivity index (χ0) is 5.15. The van der Waals surface area contributed by atoms with Crippen molar-refractivity contribution >= 4 is 5.97 Å². The van der Waals surface area contributed by atoms with Crippen LogP contribution in [0, 0.1) is 6.92 Å². The maximum absolute atomic E-state index is 9.28. The summed E-state index contributed by atoms with van der Waals surface area (Å²) in [4.78, 5) is 9.28. The van der Waals surface area contributed by atoms with Gasteiger partial charge in [-0.3, -0.25) is 0 Å². The molecule has 0 amide bonds. The van der Waals surface area contributed by atoms with E-state index in [-0.39, 0.29) is 0 Å². The highest BCUT2D eigenvalue weighted by molar-refractivity contribution is 5.70. The summed E-state index contributed by atoms with van der Waals surface area (Å²) in [5.41, 5.74) is 0. The van der Waals surface area contributed by atoms with Gasteiger partial charge in [-0.2, -0.15) is 0 Å². The Kier molecular flexibility index (Phi) is 1.60. The molecule has 0 rings (SSSR count). The molecular formula is C3H4O3-. The Hall–Kier alpha value is -0.570. The Morgan fingerprint density at radius 3 is 2.17 bits per heavy atom. The fourth-order valence-corrected chi connectivity index (χ4v) is 0. The average Bonchev–Trinajstić information content (AvgIpc) is 1.36. The lowest BCUT2D eigenvalue weighted by atomic mass is 10.4. The molecule has 0 saturated heterocycles. The molecule has 3 heteroatoms. The quantitative estimate of drug-likeness (QED) is 0.400. The molecule has 0 aliphatic carbocycles. The van der Waals surface area contributed by atoms with Gasteiger partial charge in [0.15, 0.2) is 0 Å². The van der Waals surface area contributed by atoms with E-state index in [2.05, 4.69) is 6.92 Å². The molecule has 0 saturated carbocycles. The molecule has 1 radical (unpaired) electrons. The number of carboxylic acid groups (broad SMARTS) is 1. The average molecular weight is 88.1 g/mol. The summed E-state index contributed by atoms with van der Waals surface area (Å²) in [6, 6.07) is 0. The van der Waals surface area contributed by atoms with E-state index >= 15 is 0 Å². The largest absolute Gasteiger partial charge is 0.547 e. The Balaban J connectivity index is 3.26. The smallest absolute Gasteiger partial charge is 0.0934 e. The number of rotatable bonds is 1. The first-order valence-corrected chi connectivity index (χ1v) is 1.36. The standard InChI is InChI=1S/C3H5O3/c1-2(4)3(5)6/h2,4H,1H2,(H,5,6)/p-1. The van der Waals surface area contributed by atoms with Gasteiger partial charge in [-0.1, -0.05) is 0 Å². The monoisotopic (exact) mass is 88.0 g/mol. The van der Waals surface area contributed by atoms with Crippen molar-refractivity contribution in [2.24, 2.45) is 0 Å². The molecule has 0 aromatic rings. The van der Waals surface area contributed by atoms with Crippen LogP contribution in [0.4, 0.5) is 0 Å². The van der Waals surface area contributed by atoms with Crippen LogP contribution in [-0.2, 0) is 4.79 Å². The minimum atomic E-state index is -1.59. The summed E-state index contributed by atoms with van der Waals surface area (Å²) in [5, 5.41) is 17.1. The fraction of sp³-hybridized carbons (Fsp3) is 0.333. The van der Waals surface area contributed by atoms with Crippen molar-refractivity contribution in [1.82, 2.24) is 0 Å². The van der Waals surface area contributed by atoms with Crippen LogP contribution in [-0.4, -0.2) is 17.2 Å². The van der Waals surface area contributed by atoms with Gasteiger partial charge in [0.2, 0.25) is 0 Å². The third kappa shape index (κ3) is 1.72. The molecule has 0 aliphatic rings. The number of hydrogen-bond donors (Lipinski definition) is 1. The van der Waals surface area contributed by atoms with Crippen molar-refractivity contribution in [2.45, 2.75) is 6.10 Å². The van der Waals surface area contributed by atoms with Crippen LogP contribution in [0.1, 0.15) is 0 Å². The molecule has 0 heterocycles. The Morgan fingerprint density at radius 1 is 2.00 bits per heavy atom. The summed E-state index contributed by atoms with van der Waals surface area (Å²) in [5.74, 6) is -1.55. The van der Waals surface area contributed by atoms with Gasteiger partial charge < -0.3 is 15.0 Å². The van der Waals surface area contributed by atoms with Crippen LogP contribution in [0.5, 0.6) is 0 Å². The minimum absolute atomic E-state index is 1.55. The number of aliphatic hydroxyl groups excluding tert-OH is 1. The number of carbonyl (C=O) groups is 1. The van der Waals surface area contributed by atoms with Crippen molar-refractivity contribution in [3.63, 3.8) is 0 Å². The zero-order valence-electron chi connectivity index (χ0n) is 3.05. The highest BCUT2D eigenvalue weighted by Gasteiger charge is 1.89. The zero-order valence-corrected chi connectivity index (χ0v) is 3.05. The molecule has 35 valence electrons. The van der Waals surface area contributed by atoms with Crippen LogP contribution in [0.15, 0.2) is 0 Å². The maximum atomic E-state index is 9.28. The van der Waals surface area contributed by atoms with Gasteiger partial charge in [-0.05, 0) is 6.92 Å².